The number of hydrogen-bond acceptors (Lipinski definition) is 5. The third kappa shape index (κ3) is 858. The Labute approximate surface area is 72.3 Å². The number of carbonyl (C=O) groups excluding carboxylic acids is 1. The average Bonchev–Trinajstić information content (AvgIpc) is 0.811. The van der Waals surface area contributed by atoms with Crippen molar-refractivity contribution >= 4 is 29.2 Å². The van der Waals surface area contributed by atoms with E-state index in [9.17, 15) is 0 Å². The smallest absolute Gasteiger partial charge is 0.870 e. The summed E-state index contributed by atoms with van der Waals surface area (Å²) in [7, 11) is 0. The van der Waals surface area contributed by atoms with Crippen LogP contribution in [0.1, 0.15) is 0 Å². The van der Waals surface area contributed by atoms with Gasteiger partial charge in [-0.1, -0.05) is 0 Å². The minimum absolute atomic E-state index is 0. The van der Waals surface area contributed by atoms with Gasteiger partial charge in [0.15, 0.2) is 0 Å². The van der Waals surface area contributed by atoms with Gasteiger partial charge in [-0.05, 0) is 6.16 Å². The SMILES string of the molecule is O=C([O-])[O-].[Mg+2].[Mn+2].[OH-].[OH-]. The van der Waals surface area contributed by atoms with Crippen molar-refractivity contribution in [2.75, 3.05) is 0 Å². The number of hydrogen-bond donors (Lipinski definition) is 0. The average molecular weight is 173 g/mol. The second-order valence-electron chi connectivity index (χ2n) is 0.250. The molecule has 5 nitrogen and oxygen atoms in total. The van der Waals surface area contributed by atoms with Crippen molar-refractivity contribution in [2.45, 2.75) is 0 Å². The van der Waals surface area contributed by atoms with Crippen molar-refractivity contribution in [3.05, 3.63) is 0 Å². The van der Waals surface area contributed by atoms with E-state index < -0.39 is 6.16 Å². The van der Waals surface area contributed by atoms with Gasteiger partial charge in [0.25, 0.3) is 0 Å². The minimum atomic E-state index is -2.33. The molecule has 0 aliphatic carbocycles. The maximum absolute atomic E-state index is 8.33. The van der Waals surface area contributed by atoms with Crippen LogP contribution >= 0.6 is 0 Å². The van der Waals surface area contributed by atoms with Crippen LogP contribution in [0.25, 0.3) is 0 Å². The molecule has 8 heavy (non-hydrogen) atoms. The van der Waals surface area contributed by atoms with Gasteiger partial charge in [-0.15, -0.1) is 0 Å². The normalized spacial score (nSPS) is 3.00. The van der Waals surface area contributed by atoms with Crippen LogP contribution in [0.3, 0.4) is 0 Å². The summed E-state index contributed by atoms with van der Waals surface area (Å²) >= 11 is 0. The molecular weight excluding hydrogens is 171 g/mol. The van der Waals surface area contributed by atoms with Gasteiger partial charge in [0.05, 0.1) is 0 Å². The summed E-state index contributed by atoms with van der Waals surface area (Å²) in [5.74, 6) is 0. The third-order valence-corrected chi connectivity index (χ3v) is 0. The monoisotopic (exact) mass is 173 g/mol. The van der Waals surface area contributed by atoms with Crippen LogP contribution in [-0.2, 0) is 17.1 Å². The van der Waals surface area contributed by atoms with E-state index >= 15 is 0 Å². The number of carbonyl (C=O) groups is 1. The Bertz CT molecular complexity index is 35.4. The summed E-state index contributed by atoms with van der Waals surface area (Å²) in [6.45, 7) is 0. The molecule has 7 heteroatoms. The van der Waals surface area contributed by atoms with Crippen molar-refractivity contribution in [3.63, 3.8) is 0 Å². The largest absolute Gasteiger partial charge is 2.00 e. The fourth-order valence-electron chi connectivity index (χ4n) is 0. The second kappa shape index (κ2) is 26.0. The van der Waals surface area contributed by atoms with Crippen molar-refractivity contribution in [2.24, 2.45) is 0 Å². The Hall–Kier alpha value is 0.476. The predicted molar refractivity (Wildman–Crippen MR) is 15.0 cm³/mol. The van der Waals surface area contributed by atoms with Gasteiger partial charge in [0.2, 0.25) is 0 Å². The predicted octanol–water partition coefficient (Wildman–Crippen LogP) is -3.18. The van der Waals surface area contributed by atoms with Gasteiger partial charge in [0, 0.05) is 0 Å². The van der Waals surface area contributed by atoms with Crippen LogP contribution in [0, 0.1) is 0 Å². The Morgan fingerprint density at radius 1 is 1.12 bits per heavy atom. The van der Waals surface area contributed by atoms with E-state index in [-0.39, 0.29) is 51.1 Å². The quantitative estimate of drug-likeness (QED) is 0.357. The van der Waals surface area contributed by atoms with Gasteiger partial charge in [-0.3, -0.25) is 0 Å². The molecule has 0 atom stereocenters. The molecule has 0 aliphatic heterocycles. The zero-order valence-electron chi connectivity index (χ0n) is 3.70. The van der Waals surface area contributed by atoms with Crippen molar-refractivity contribution in [1.29, 1.82) is 0 Å². The fraction of sp³-hybridized carbons (Fsp3) is 0. The fourth-order valence-corrected chi connectivity index (χ4v) is 0. The molecule has 0 saturated heterocycles. The van der Waals surface area contributed by atoms with E-state index in [1.54, 1.807) is 0 Å². The first-order valence-corrected chi connectivity index (χ1v) is 0.612. The first-order valence-electron chi connectivity index (χ1n) is 0.612. The molecule has 0 aromatic carbocycles. The summed E-state index contributed by atoms with van der Waals surface area (Å²) in [6.07, 6.45) is -2.33. The van der Waals surface area contributed by atoms with Crippen LogP contribution in [0.5, 0.6) is 0 Å². The molecule has 0 heterocycles. The number of rotatable bonds is 0. The van der Waals surface area contributed by atoms with Crippen molar-refractivity contribution in [1.82, 2.24) is 0 Å². The molecule has 0 bridgehead atoms. The third-order valence-electron chi connectivity index (χ3n) is 0. The van der Waals surface area contributed by atoms with Crippen molar-refractivity contribution < 1.29 is 43.0 Å². The molecule has 0 spiro atoms. The van der Waals surface area contributed by atoms with E-state index in [2.05, 4.69) is 0 Å². The van der Waals surface area contributed by atoms with Crippen LogP contribution in [0.4, 0.5) is 4.79 Å². The molecule has 0 aromatic rings. The summed E-state index contributed by atoms with van der Waals surface area (Å²) in [5.41, 5.74) is 0. The van der Waals surface area contributed by atoms with Crippen LogP contribution < -0.4 is 10.2 Å². The topological polar surface area (TPSA) is 123 Å². The maximum Gasteiger partial charge on any atom is 2.00 e. The van der Waals surface area contributed by atoms with E-state index in [1.807, 2.05) is 0 Å². The van der Waals surface area contributed by atoms with E-state index in [4.69, 9.17) is 15.0 Å². The summed E-state index contributed by atoms with van der Waals surface area (Å²) < 4.78 is 0. The summed E-state index contributed by atoms with van der Waals surface area (Å²) in [5, 5.41) is 16.7. The van der Waals surface area contributed by atoms with Crippen LogP contribution in [-0.4, -0.2) is 40.2 Å². The zero-order chi connectivity index (χ0) is 3.58. The molecule has 0 amide bonds. The molecule has 45 valence electrons. The zero-order valence-corrected chi connectivity index (χ0v) is 6.30. The van der Waals surface area contributed by atoms with Crippen LogP contribution in [0.2, 0.25) is 0 Å². The Morgan fingerprint density at radius 3 is 1.12 bits per heavy atom. The summed E-state index contributed by atoms with van der Waals surface area (Å²) in [4.78, 5) is 8.33. The Kier molecular flexibility index (Phi) is 127. The Balaban J connectivity index is -0.00000000750. The Morgan fingerprint density at radius 2 is 1.12 bits per heavy atom. The van der Waals surface area contributed by atoms with Crippen molar-refractivity contribution in [3.8, 4) is 0 Å². The molecule has 0 fully saturated rings. The van der Waals surface area contributed by atoms with Gasteiger partial charge in [-0.2, -0.15) is 0 Å². The molecule has 1 radical (unpaired) electrons. The van der Waals surface area contributed by atoms with Gasteiger partial charge in [-0.25, -0.2) is 0 Å². The molecule has 0 aromatic heterocycles. The molecule has 0 saturated carbocycles. The van der Waals surface area contributed by atoms with Gasteiger partial charge >= 0.3 is 40.1 Å². The van der Waals surface area contributed by atoms with E-state index in [1.165, 1.54) is 0 Å². The number of carboxylic acid groups (broad SMARTS) is 2. The van der Waals surface area contributed by atoms with Gasteiger partial charge < -0.3 is 26.0 Å². The van der Waals surface area contributed by atoms with E-state index in [0.717, 1.165) is 0 Å². The summed E-state index contributed by atoms with van der Waals surface area (Å²) in [6, 6.07) is 0. The molecule has 0 unspecified atom stereocenters. The molecule has 0 rings (SSSR count). The first kappa shape index (κ1) is 39.2. The first-order chi connectivity index (χ1) is 1.73. The van der Waals surface area contributed by atoms with E-state index in [0.29, 0.717) is 0 Å². The molecular formula is CH2MgMnO5. The second-order valence-corrected chi connectivity index (χ2v) is 0.250. The molecule has 0 aliphatic rings. The molecule has 2 N–H and O–H groups in total. The van der Waals surface area contributed by atoms with Gasteiger partial charge in [0.1, 0.15) is 0 Å². The minimum Gasteiger partial charge on any atom is -0.870 e. The standard InChI is InChI=1S/CH2O3.Mg.Mn.2H2O/c2-1(3)4;;;;/h(H2,2,3,4);;;2*1H2/q;2*+2;;/p-4. The maximum atomic E-state index is 8.33. The van der Waals surface area contributed by atoms with Crippen LogP contribution in [0.15, 0.2) is 0 Å².